The van der Waals surface area contributed by atoms with Crippen LogP contribution in [0.15, 0.2) is 17.1 Å². The molecule has 0 fully saturated rings. The van der Waals surface area contributed by atoms with E-state index in [1.54, 1.807) is 19.1 Å². The maximum absolute atomic E-state index is 5.15. The summed E-state index contributed by atoms with van der Waals surface area (Å²) in [4.78, 5) is 3.97. The zero-order valence-corrected chi connectivity index (χ0v) is 7.92. The maximum Gasteiger partial charge on any atom is 0.192 e. The number of aryl methyl sites for hydroxylation is 1. The highest BCUT2D eigenvalue weighted by molar-refractivity contribution is 5.31. The van der Waals surface area contributed by atoms with Gasteiger partial charge in [0, 0.05) is 6.92 Å². The zero-order chi connectivity index (χ0) is 9.56. The number of oxazole rings is 1. The first-order chi connectivity index (χ1) is 5.74. The fraction of sp³-hybridized carbons (Fsp3) is 0.300. The molecule has 0 bridgehead atoms. The molecule has 1 heterocycles. The van der Waals surface area contributed by atoms with Gasteiger partial charge in [0.25, 0.3) is 0 Å². The van der Waals surface area contributed by atoms with Crippen LogP contribution in [0.4, 0.5) is 0 Å². The van der Waals surface area contributed by atoms with Crippen molar-refractivity contribution >= 4 is 12.7 Å². The Kier molecular flexibility index (Phi) is 4.77. The van der Waals surface area contributed by atoms with Crippen LogP contribution in [0, 0.1) is 6.92 Å². The molecular formula is C10H15NO. The lowest BCUT2D eigenvalue weighted by Gasteiger charge is -1.71. The van der Waals surface area contributed by atoms with Crippen molar-refractivity contribution in [3.8, 4) is 0 Å². The highest BCUT2D eigenvalue weighted by Crippen LogP contribution is 1.78. The third-order valence-electron chi connectivity index (χ3n) is 1.10. The number of aromatic nitrogens is 1. The van der Waals surface area contributed by atoms with Gasteiger partial charge in [-0.2, -0.15) is 0 Å². The molecular weight excluding hydrogens is 150 g/mol. The Balaban J connectivity index is 0.000000561. The lowest BCUT2D eigenvalue weighted by atomic mass is 10.5. The van der Waals surface area contributed by atoms with Crippen molar-refractivity contribution in [3.05, 3.63) is 29.3 Å². The Morgan fingerprint density at radius 2 is 2.00 bits per heavy atom. The molecule has 0 atom stereocenters. The van der Waals surface area contributed by atoms with Crippen LogP contribution >= 0.6 is 0 Å². The minimum Gasteiger partial charge on any atom is -0.441 e. The molecule has 66 valence electrons. The number of allylic oxidation sites excluding steroid dienone is 1. The van der Waals surface area contributed by atoms with E-state index in [1.165, 1.54) is 0 Å². The molecule has 0 aliphatic carbocycles. The average Bonchev–Trinajstić information content (AvgIpc) is 2.35. The van der Waals surface area contributed by atoms with E-state index in [1.807, 2.05) is 13.8 Å². The minimum atomic E-state index is 0.637. The van der Waals surface area contributed by atoms with Crippen molar-refractivity contribution in [1.29, 1.82) is 0 Å². The largest absolute Gasteiger partial charge is 0.441 e. The van der Waals surface area contributed by atoms with Crippen LogP contribution in [0.25, 0.3) is 12.7 Å². The second kappa shape index (κ2) is 5.35. The molecule has 1 aromatic rings. The van der Waals surface area contributed by atoms with Gasteiger partial charge in [0.15, 0.2) is 11.3 Å². The highest BCUT2D eigenvalue weighted by Gasteiger charge is 1.89. The molecule has 0 aliphatic heterocycles. The molecule has 1 rings (SSSR count). The molecule has 0 saturated carbocycles. The number of hydrogen-bond donors (Lipinski definition) is 0. The van der Waals surface area contributed by atoms with E-state index in [4.69, 9.17) is 4.42 Å². The van der Waals surface area contributed by atoms with Gasteiger partial charge in [0.1, 0.15) is 5.35 Å². The second-order valence-electron chi connectivity index (χ2n) is 1.95. The SMILES string of the molecule is C=C/C=c1/oc(C)nc1=C.CC. The monoisotopic (exact) mass is 165 g/mol. The summed E-state index contributed by atoms with van der Waals surface area (Å²) in [5.41, 5.74) is 0.688. The van der Waals surface area contributed by atoms with E-state index in [0.717, 1.165) is 0 Å². The molecule has 0 amide bonds. The van der Waals surface area contributed by atoms with Crippen molar-refractivity contribution in [3.63, 3.8) is 0 Å². The summed E-state index contributed by atoms with van der Waals surface area (Å²) in [5.74, 6) is 0.637. The first-order valence-electron chi connectivity index (χ1n) is 3.99. The van der Waals surface area contributed by atoms with Crippen molar-refractivity contribution in [2.45, 2.75) is 20.8 Å². The summed E-state index contributed by atoms with van der Waals surface area (Å²) in [6.45, 7) is 13.0. The number of rotatable bonds is 1. The van der Waals surface area contributed by atoms with Gasteiger partial charge >= 0.3 is 0 Å². The first kappa shape index (κ1) is 10.7. The van der Waals surface area contributed by atoms with E-state index in [-0.39, 0.29) is 0 Å². The summed E-state index contributed by atoms with van der Waals surface area (Å²) in [6.07, 6.45) is 3.39. The van der Waals surface area contributed by atoms with Gasteiger partial charge in [0.05, 0.1) is 0 Å². The Morgan fingerprint density at radius 1 is 1.42 bits per heavy atom. The minimum absolute atomic E-state index is 0.637. The lowest BCUT2D eigenvalue weighted by Crippen LogP contribution is -2.19. The molecule has 2 nitrogen and oxygen atoms in total. The summed E-state index contributed by atoms with van der Waals surface area (Å²) in [5, 5.41) is 0.664. The van der Waals surface area contributed by atoms with Gasteiger partial charge in [-0.1, -0.05) is 33.1 Å². The molecule has 0 spiro atoms. The van der Waals surface area contributed by atoms with Gasteiger partial charge < -0.3 is 4.42 Å². The zero-order valence-electron chi connectivity index (χ0n) is 7.92. The molecule has 1 aromatic heterocycles. The van der Waals surface area contributed by atoms with Crippen molar-refractivity contribution < 1.29 is 4.42 Å². The normalized spacial score (nSPS) is 10.4. The smallest absolute Gasteiger partial charge is 0.192 e. The van der Waals surface area contributed by atoms with Gasteiger partial charge in [-0.25, -0.2) is 4.98 Å². The van der Waals surface area contributed by atoms with Crippen LogP contribution in [0.1, 0.15) is 19.7 Å². The van der Waals surface area contributed by atoms with Crippen LogP contribution in [-0.4, -0.2) is 4.98 Å². The molecule has 0 N–H and O–H groups in total. The summed E-state index contributed by atoms with van der Waals surface area (Å²) in [7, 11) is 0. The van der Waals surface area contributed by atoms with Crippen LogP contribution in [0.3, 0.4) is 0 Å². The Labute approximate surface area is 72.9 Å². The van der Waals surface area contributed by atoms with Gasteiger partial charge in [-0.05, 0) is 6.08 Å². The summed E-state index contributed by atoms with van der Waals surface area (Å²) < 4.78 is 5.15. The van der Waals surface area contributed by atoms with Gasteiger partial charge in [-0.3, -0.25) is 0 Å². The summed E-state index contributed by atoms with van der Waals surface area (Å²) in [6, 6.07) is 0. The molecule has 0 radical (unpaired) electrons. The Bertz CT molecular complexity index is 335. The van der Waals surface area contributed by atoms with Crippen LogP contribution < -0.4 is 10.8 Å². The van der Waals surface area contributed by atoms with Crippen molar-refractivity contribution in [2.75, 3.05) is 0 Å². The van der Waals surface area contributed by atoms with Crippen LogP contribution in [-0.2, 0) is 0 Å². The molecule has 0 aromatic carbocycles. The highest BCUT2D eigenvalue weighted by atomic mass is 16.3. The first-order valence-corrected chi connectivity index (χ1v) is 3.99. The third kappa shape index (κ3) is 2.74. The molecule has 0 unspecified atom stereocenters. The Hall–Kier alpha value is -1.31. The number of hydrogen-bond acceptors (Lipinski definition) is 2. The fourth-order valence-corrected chi connectivity index (χ4v) is 0.723. The van der Waals surface area contributed by atoms with E-state index >= 15 is 0 Å². The lowest BCUT2D eigenvalue weighted by molar-refractivity contribution is 0.492. The fourth-order valence-electron chi connectivity index (χ4n) is 0.723. The van der Waals surface area contributed by atoms with E-state index in [2.05, 4.69) is 18.1 Å². The van der Waals surface area contributed by atoms with E-state index in [9.17, 15) is 0 Å². The molecule has 0 saturated heterocycles. The topological polar surface area (TPSA) is 26.0 Å². The van der Waals surface area contributed by atoms with E-state index in [0.29, 0.717) is 16.7 Å². The summed E-state index contributed by atoms with van der Waals surface area (Å²) >= 11 is 0. The third-order valence-corrected chi connectivity index (χ3v) is 1.10. The maximum atomic E-state index is 5.15. The van der Waals surface area contributed by atoms with Crippen LogP contribution in [0.5, 0.6) is 0 Å². The van der Waals surface area contributed by atoms with Gasteiger partial charge in [0.2, 0.25) is 0 Å². The molecule has 12 heavy (non-hydrogen) atoms. The molecule has 0 aliphatic rings. The van der Waals surface area contributed by atoms with Crippen LogP contribution in [0.2, 0.25) is 0 Å². The quantitative estimate of drug-likeness (QED) is 0.628. The number of nitrogens with zero attached hydrogens (tertiary/aromatic N) is 1. The van der Waals surface area contributed by atoms with Crippen molar-refractivity contribution in [2.24, 2.45) is 0 Å². The Morgan fingerprint density at radius 3 is 2.33 bits per heavy atom. The molecule has 2 heteroatoms. The average molecular weight is 165 g/mol. The predicted octanol–water partition coefficient (Wildman–Crippen LogP) is 1.39. The second-order valence-corrected chi connectivity index (χ2v) is 1.95. The van der Waals surface area contributed by atoms with Gasteiger partial charge in [-0.15, -0.1) is 0 Å². The van der Waals surface area contributed by atoms with Crippen molar-refractivity contribution in [1.82, 2.24) is 4.98 Å². The predicted molar refractivity (Wildman–Crippen MR) is 52.0 cm³/mol. The van der Waals surface area contributed by atoms with E-state index < -0.39 is 0 Å². The standard InChI is InChI=1S/C8H9NO.C2H6/c1-4-5-8-6(2)9-7(3)10-8;1-2/h4-5H,1-2H2,3H3;1-2H3/b8-5+;.